The number of anilines is 1. The van der Waals surface area contributed by atoms with E-state index in [1.165, 1.54) is 23.7 Å². The van der Waals surface area contributed by atoms with Gasteiger partial charge in [-0.1, -0.05) is 42.0 Å². The number of aromatic nitrogens is 4. The van der Waals surface area contributed by atoms with Gasteiger partial charge in [0.15, 0.2) is 11.2 Å². The summed E-state index contributed by atoms with van der Waals surface area (Å²) in [6.45, 7) is 6.35. The van der Waals surface area contributed by atoms with Crippen molar-refractivity contribution in [1.82, 2.24) is 23.6 Å². The van der Waals surface area contributed by atoms with Crippen LogP contribution in [0.2, 0.25) is 0 Å². The van der Waals surface area contributed by atoms with E-state index in [0.29, 0.717) is 23.7 Å². The van der Waals surface area contributed by atoms with E-state index in [0.717, 1.165) is 54.0 Å². The number of nitrogens with zero attached hydrogens (tertiary/aromatic N) is 6. The number of benzene rings is 2. The summed E-state index contributed by atoms with van der Waals surface area (Å²) >= 11 is 0. The maximum atomic E-state index is 13.2. The lowest BCUT2D eigenvalue weighted by atomic mass is 10.1. The second-order valence-corrected chi connectivity index (χ2v) is 9.25. The van der Waals surface area contributed by atoms with Gasteiger partial charge in [-0.05, 0) is 30.2 Å². The summed E-state index contributed by atoms with van der Waals surface area (Å²) < 4.78 is 17.8. The lowest BCUT2D eigenvalue weighted by Gasteiger charge is -2.35. The Morgan fingerprint density at radius 1 is 0.886 bits per heavy atom. The number of hydrogen-bond acceptors (Lipinski definition) is 5. The van der Waals surface area contributed by atoms with E-state index >= 15 is 0 Å². The van der Waals surface area contributed by atoms with E-state index in [1.807, 2.05) is 41.8 Å². The zero-order valence-electron chi connectivity index (χ0n) is 20.2. The van der Waals surface area contributed by atoms with Gasteiger partial charge in [0.1, 0.15) is 5.82 Å². The molecule has 0 amide bonds. The zero-order chi connectivity index (χ0) is 24.7. The molecule has 2 aromatic heterocycles. The molecule has 0 spiro atoms. The van der Waals surface area contributed by atoms with Gasteiger partial charge in [0, 0.05) is 46.8 Å². The summed E-state index contributed by atoms with van der Waals surface area (Å²) in [5.41, 5.74) is 3.38. The topological polar surface area (TPSA) is 68.3 Å². The highest BCUT2D eigenvalue weighted by Gasteiger charge is 2.26. The molecule has 4 aromatic rings. The van der Waals surface area contributed by atoms with Crippen molar-refractivity contribution in [3.8, 4) is 0 Å². The van der Waals surface area contributed by atoms with Crippen LogP contribution in [0.25, 0.3) is 11.2 Å². The Morgan fingerprint density at radius 3 is 2.29 bits per heavy atom. The Kier molecular flexibility index (Phi) is 6.02. The molecule has 1 aliphatic heterocycles. The smallest absolute Gasteiger partial charge is 0.332 e. The van der Waals surface area contributed by atoms with Crippen molar-refractivity contribution in [2.24, 2.45) is 14.1 Å². The number of hydrogen-bond donors (Lipinski definition) is 0. The molecule has 0 radical (unpaired) electrons. The Balaban J connectivity index is 1.49. The first-order valence-corrected chi connectivity index (χ1v) is 11.8. The van der Waals surface area contributed by atoms with E-state index in [2.05, 4.69) is 15.9 Å². The van der Waals surface area contributed by atoms with Crippen molar-refractivity contribution in [2.45, 2.75) is 20.0 Å². The molecular formula is C26H29FN6O2. The van der Waals surface area contributed by atoms with Crippen molar-refractivity contribution in [3.63, 3.8) is 0 Å². The van der Waals surface area contributed by atoms with Crippen LogP contribution in [0.15, 0.2) is 58.1 Å². The third kappa shape index (κ3) is 4.39. The fraction of sp³-hybridized carbons (Fsp3) is 0.346. The average molecular weight is 477 g/mol. The van der Waals surface area contributed by atoms with E-state index in [9.17, 15) is 14.0 Å². The Labute approximate surface area is 202 Å². The second-order valence-electron chi connectivity index (χ2n) is 9.25. The van der Waals surface area contributed by atoms with Gasteiger partial charge in [-0.2, -0.15) is 4.98 Å². The summed E-state index contributed by atoms with van der Waals surface area (Å²) in [5.74, 6) is 0.466. The average Bonchev–Trinajstić information content (AvgIpc) is 3.22. The molecule has 3 heterocycles. The van der Waals surface area contributed by atoms with Crippen LogP contribution >= 0.6 is 0 Å². The summed E-state index contributed by atoms with van der Waals surface area (Å²) in [7, 11) is 3.15. The molecule has 0 aliphatic carbocycles. The van der Waals surface area contributed by atoms with E-state index < -0.39 is 5.69 Å². The van der Waals surface area contributed by atoms with Gasteiger partial charge in [-0.25, -0.2) is 9.18 Å². The van der Waals surface area contributed by atoms with Crippen LogP contribution in [0.3, 0.4) is 0 Å². The van der Waals surface area contributed by atoms with E-state index in [4.69, 9.17) is 4.98 Å². The fourth-order valence-electron chi connectivity index (χ4n) is 4.77. The zero-order valence-corrected chi connectivity index (χ0v) is 20.2. The van der Waals surface area contributed by atoms with Crippen molar-refractivity contribution in [2.75, 3.05) is 31.1 Å². The normalized spacial score (nSPS) is 14.7. The van der Waals surface area contributed by atoms with Crippen LogP contribution in [-0.2, 0) is 27.2 Å². The maximum absolute atomic E-state index is 13.2. The minimum Gasteiger partial charge on any atom is -0.340 e. The second kappa shape index (κ2) is 9.14. The van der Waals surface area contributed by atoms with Gasteiger partial charge in [-0.3, -0.25) is 23.4 Å². The number of piperazine rings is 1. The van der Waals surface area contributed by atoms with Crippen LogP contribution in [0.1, 0.15) is 16.7 Å². The molecule has 1 aliphatic rings. The monoisotopic (exact) mass is 476 g/mol. The van der Waals surface area contributed by atoms with Crippen LogP contribution in [0, 0.1) is 12.7 Å². The molecule has 9 heteroatoms. The molecule has 0 saturated carbocycles. The van der Waals surface area contributed by atoms with Crippen molar-refractivity contribution in [1.29, 1.82) is 0 Å². The van der Waals surface area contributed by atoms with E-state index in [1.54, 1.807) is 7.05 Å². The molecule has 1 fully saturated rings. The maximum Gasteiger partial charge on any atom is 0.332 e. The number of halogens is 1. The van der Waals surface area contributed by atoms with E-state index in [-0.39, 0.29) is 11.4 Å². The molecule has 0 bridgehead atoms. The van der Waals surface area contributed by atoms with Crippen LogP contribution in [0.4, 0.5) is 10.3 Å². The van der Waals surface area contributed by atoms with Gasteiger partial charge >= 0.3 is 5.69 Å². The van der Waals surface area contributed by atoms with Crippen LogP contribution in [-0.4, -0.2) is 49.8 Å². The van der Waals surface area contributed by atoms with Crippen LogP contribution in [0.5, 0.6) is 0 Å². The summed E-state index contributed by atoms with van der Waals surface area (Å²) in [6, 6.07) is 14.8. The molecule has 5 rings (SSSR count). The third-order valence-electron chi connectivity index (χ3n) is 6.73. The van der Waals surface area contributed by atoms with Gasteiger partial charge in [0.05, 0.1) is 6.54 Å². The fourth-order valence-corrected chi connectivity index (χ4v) is 4.77. The Hall–Kier alpha value is -3.72. The molecule has 0 N–H and O–H groups in total. The van der Waals surface area contributed by atoms with Crippen molar-refractivity contribution >= 4 is 17.1 Å². The number of fused-ring (bicyclic) bond motifs is 1. The highest BCUT2D eigenvalue weighted by molar-refractivity contribution is 5.75. The van der Waals surface area contributed by atoms with Gasteiger partial charge < -0.3 is 4.90 Å². The number of aryl methyl sites for hydroxylation is 2. The summed E-state index contributed by atoms with van der Waals surface area (Å²) in [5, 5.41) is 0. The first kappa shape index (κ1) is 23.0. The highest BCUT2D eigenvalue weighted by atomic mass is 19.1. The molecule has 0 unspecified atom stereocenters. The lowest BCUT2D eigenvalue weighted by Crippen LogP contribution is -2.47. The first-order valence-electron chi connectivity index (χ1n) is 11.8. The number of rotatable bonds is 5. The molecule has 1 saturated heterocycles. The quantitative estimate of drug-likeness (QED) is 0.442. The van der Waals surface area contributed by atoms with Crippen molar-refractivity contribution in [3.05, 3.63) is 91.9 Å². The van der Waals surface area contributed by atoms with Gasteiger partial charge in [0.2, 0.25) is 5.95 Å². The SMILES string of the molecule is Cc1cccc(Cn2c(N3CCN(Cc4ccc(F)cc4)CC3)nc3c2c(=O)n(C)c(=O)n3C)c1. The largest absolute Gasteiger partial charge is 0.340 e. The predicted molar refractivity (Wildman–Crippen MR) is 134 cm³/mol. The van der Waals surface area contributed by atoms with Gasteiger partial charge in [0.25, 0.3) is 5.56 Å². The molecule has 0 atom stereocenters. The summed E-state index contributed by atoms with van der Waals surface area (Å²) in [6.07, 6.45) is 0. The molecule has 182 valence electrons. The Bertz CT molecular complexity index is 1490. The lowest BCUT2D eigenvalue weighted by molar-refractivity contribution is 0.248. The molecule has 2 aromatic carbocycles. The predicted octanol–water partition coefficient (Wildman–Crippen LogP) is 2.25. The first-order chi connectivity index (χ1) is 16.8. The van der Waals surface area contributed by atoms with Crippen LogP contribution < -0.4 is 16.1 Å². The summed E-state index contributed by atoms with van der Waals surface area (Å²) in [4.78, 5) is 35.1. The number of imidazole rings is 1. The Morgan fingerprint density at radius 2 is 1.60 bits per heavy atom. The molecule has 35 heavy (non-hydrogen) atoms. The van der Waals surface area contributed by atoms with Gasteiger partial charge in [-0.15, -0.1) is 0 Å². The minimum absolute atomic E-state index is 0.230. The highest BCUT2D eigenvalue weighted by Crippen LogP contribution is 2.23. The minimum atomic E-state index is -0.390. The molecule has 8 nitrogen and oxygen atoms in total. The third-order valence-corrected chi connectivity index (χ3v) is 6.73. The molecular weight excluding hydrogens is 447 g/mol. The standard InChI is InChI=1S/C26H29FN6O2/c1-18-5-4-6-20(15-18)17-33-22-23(29(2)26(35)30(3)24(22)34)28-25(33)32-13-11-31(12-14-32)16-19-7-9-21(27)10-8-19/h4-10,15H,11-14,16-17H2,1-3H3. The van der Waals surface area contributed by atoms with Crippen molar-refractivity contribution < 1.29 is 4.39 Å².